The number of rotatable bonds is 4. The molecule has 2 N–H and O–H groups in total. The van der Waals surface area contributed by atoms with E-state index in [1.54, 1.807) is 7.05 Å². The van der Waals surface area contributed by atoms with Gasteiger partial charge in [-0.1, -0.05) is 20.8 Å². The minimum absolute atomic E-state index is 0.0473. The van der Waals surface area contributed by atoms with Gasteiger partial charge in [-0.05, 0) is 97.7 Å². The molecule has 0 aromatic rings. The fourth-order valence-corrected chi connectivity index (χ4v) is 10.0. The third-order valence-corrected chi connectivity index (χ3v) is 11.4. The van der Waals surface area contributed by atoms with E-state index in [9.17, 15) is 4.79 Å². The van der Waals surface area contributed by atoms with Crippen LogP contribution in [0.15, 0.2) is 0 Å². The first-order chi connectivity index (χ1) is 13.8. The predicted molar refractivity (Wildman–Crippen MR) is 115 cm³/mol. The molecule has 1 spiro atoms. The molecule has 5 fully saturated rings. The molecule has 2 unspecified atom stereocenters. The molecule has 2 amide bonds. The lowest BCUT2D eigenvalue weighted by atomic mass is 9.45. The summed E-state index contributed by atoms with van der Waals surface area (Å²) in [6.45, 7) is 8.42. The summed E-state index contributed by atoms with van der Waals surface area (Å²) in [6.07, 6.45) is 11.7. The normalized spacial score (nSPS) is 53.3. The summed E-state index contributed by atoms with van der Waals surface area (Å²) < 4.78 is 6.24. The zero-order valence-electron chi connectivity index (χ0n) is 19.2. The Hall–Kier alpha value is -0.770. The maximum Gasteiger partial charge on any atom is 0.314 e. The quantitative estimate of drug-likeness (QED) is 0.707. The van der Waals surface area contributed by atoms with Crippen LogP contribution in [-0.4, -0.2) is 32.8 Å². The zero-order valence-corrected chi connectivity index (χ0v) is 19.2. The average molecular weight is 403 g/mol. The van der Waals surface area contributed by atoms with Crippen molar-refractivity contribution >= 4 is 6.03 Å². The second-order valence-electron chi connectivity index (χ2n) is 11.9. The van der Waals surface area contributed by atoms with Gasteiger partial charge in [0, 0.05) is 26.1 Å². The second kappa shape index (κ2) is 6.61. The zero-order chi connectivity index (χ0) is 20.6. The number of carbonyl (C=O) groups excluding carboxylic acids is 1. The van der Waals surface area contributed by atoms with Gasteiger partial charge in [0.1, 0.15) is 0 Å². The van der Waals surface area contributed by atoms with Crippen molar-refractivity contribution in [3.63, 3.8) is 0 Å². The van der Waals surface area contributed by atoms with Crippen molar-refractivity contribution in [2.75, 3.05) is 20.7 Å². The van der Waals surface area contributed by atoms with Crippen molar-refractivity contribution in [3.8, 4) is 0 Å². The van der Waals surface area contributed by atoms with Crippen molar-refractivity contribution in [1.29, 1.82) is 0 Å². The highest BCUT2D eigenvalue weighted by Crippen LogP contribution is 2.82. The lowest BCUT2D eigenvalue weighted by molar-refractivity contribution is -0.160. The smallest absolute Gasteiger partial charge is 0.314 e. The summed E-state index contributed by atoms with van der Waals surface area (Å²) in [5, 5.41) is 5.77. The molecule has 0 radical (unpaired) electrons. The molecular weight excluding hydrogens is 360 g/mol. The van der Waals surface area contributed by atoms with E-state index in [0.717, 1.165) is 36.1 Å². The Kier molecular flexibility index (Phi) is 4.59. The fraction of sp³-hybridized carbons (Fsp3) is 0.960. The number of carbonyl (C=O) groups is 1. The summed E-state index contributed by atoms with van der Waals surface area (Å²) in [6, 6.07) is -0.0473. The molecular formula is C25H42N2O2. The van der Waals surface area contributed by atoms with Crippen LogP contribution in [-0.2, 0) is 4.74 Å². The molecule has 5 aliphatic rings. The molecule has 164 valence electrons. The number of amides is 2. The van der Waals surface area contributed by atoms with Crippen LogP contribution < -0.4 is 10.6 Å². The Morgan fingerprint density at radius 1 is 1.14 bits per heavy atom. The van der Waals surface area contributed by atoms with E-state index in [4.69, 9.17) is 4.74 Å². The molecule has 0 aromatic heterocycles. The van der Waals surface area contributed by atoms with Gasteiger partial charge in [-0.15, -0.1) is 0 Å². The van der Waals surface area contributed by atoms with Crippen molar-refractivity contribution in [2.45, 2.75) is 78.2 Å². The number of fused-ring (bicyclic) bond motifs is 4. The predicted octanol–water partition coefficient (Wildman–Crippen LogP) is 4.84. The Morgan fingerprint density at radius 2 is 1.93 bits per heavy atom. The van der Waals surface area contributed by atoms with Crippen LogP contribution in [0.3, 0.4) is 0 Å². The molecule has 10 atom stereocenters. The topological polar surface area (TPSA) is 50.4 Å². The number of methoxy groups -OCH3 is 1. The average Bonchev–Trinajstić information content (AvgIpc) is 3.22. The molecule has 5 rings (SSSR count). The van der Waals surface area contributed by atoms with Gasteiger partial charge in [0.05, 0.1) is 6.10 Å². The molecule has 0 bridgehead atoms. The molecule has 5 saturated carbocycles. The van der Waals surface area contributed by atoms with Crippen LogP contribution in [0.4, 0.5) is 4.79 Å². The van der Waals surface area contributed by atoms with Gasteiger partial charge in [-0.25, -0.2) is 4.79 Å². The number of urea groups is 1. The van der Waals surface area contributed by atoms with Gasteiger partial charge in [0.25, 0.3) is 0 Å². The van der Waals surface area contributed by atoms with E-state index in [-0.39, 0.29) is 6.03 Å². The third-order valence-electron chi connectivity index (χ3n) is 11.4. The number of ether oxygens (including phenoxy) is 1. The number of hydrogen-bond donors (Lipinski definition) is 2. The molecule has 0 aromatic carbocycles. The van der Waals surface area contributed by atoms with Crippen LogP contribution in [0.25, 0.3) is 0 Å². The molecule has 0 heterocycles. The summed E-state index contributed by atoms with van der Waals surface area (Å²) >= 11 is 0. The second-order valence-corrected chi connectivity index (χ2v) is 11.9. The first-order valence-electron chi connectivity index (χ1n) is 12.3. The highest BCUT2D eigenvalue weighted by Gasteiger charge is 2.77. The van der Waals surface area contributed by atoms with Crippen molar-refractivity contribution in [2.24, 2.45) is 51.8 Å². The first kappa shape index (κ1) is 20.2. The standard InChI is InChI=1S/C25H42N2O2/c1-15(14-27-22(28)26-4)18-6-7-19-17-12-21(29-5)25-13-16(25)8-11-24(25,3)20(17)9-10-23(18,19)2/h15-21H,6-14H2,1-5H3,(H2,26,27,28)/t15?,16-,17+,18-,19+,20+,21?,23-,24-,25-/m1/s1. The highest BCUT2D eigenvalue weighted by molar-refractivity contribution is 5.73. The maximum absolute atomic E-state index is 11.7. The molecule has 0 aliphatic heterocycles. The van der Waals surface area contributed by atoms with E-state index < -0.39 is 0 Å². The summed E-state index contributed by atoms with van der Waals surface area (Å²) in [4.78, 5) is 11.7. The highest BCUT2D eigenvalue weighted by atomic mass is 16.5. The summed E-state index contributed by atoms with van der Waals surface area (Å²) in [5.74, 6) is 4.84. The molecule has 4 nitrogen and oxygen atoms in total. The van der Waals surface area contributed by atoms with Gasteiger partial charge < -0.3 is 15.4 Å². The Bertz CT molecular complexity index is 682. The van der Waals surface area contributed by atoms with Crippen LogP contribution in [0, 0.1) is 51.8 Å². The SMILES string of the molecule is CNC(=O)NCC(C)[C@H]1CC[C@H]2[C@@H]3CC(OC)[C@@]45C[C@H]4CC[C@]5(C)[C@H]3CC[C@]12C. The fourth-order valence-electron chi connectivity index (χ4n) is 10.0. The van der Waals surface area contributed by atoms with Crippen molar-refractivity contribution in [3.05, 3.63) is 0 Å². The van der Waals surface area contributed by atoms with E-state index in [1.807, 2.05) is 7.11 Å². The molecule has 5 aliphatic carbocycles. The lowest BCUT2D eigenvalue weighted by Gasteiger charge is -2.61. The van der Waals surface area contributed by atoms with E-state index in [0.29, 0.717) is 28.3 Å². The van der Waals surface area contributed by atoms with Crippen LogP contribution in [0.1, 0.15) is 72.1 Å². The minimum atomic E-state index is -0.0473. The van der Waals surface area contributed by atoms with Gasteiger partial charge >= 0.3 is 6.03 Å². The minimum Gasteiger partial charge on any atom is -0.381 e. The van der Waals surface area contributed by atoms with Crippen LogP contribution >= 0.6 is 0 Å². The largest absolute Gasteiger partial charge is 0.381 e. The Balaban J connectivity index is 1.37. The third kappa shape index (κ3) is 2.50. The summed E-state index contributed by atoms with van der Waals surface area (Å²) in [5.41, 5.74) is 1.48. The van der Waals surface area contributed by atoms with E-state index in [2.05, 4.69) is 31.4 Å². The molecule has 4 heteroatoms. The lowest BCUT2D eigenvalue weighted by Crippen LogP contribution is -2.57. The van der Waals surface area contributed by atoms with Gasteiger partial charge in [-0.2, -0.15) is 0 Å². The van der Waals surface area contributed by atoms with E-state index in [1.165, 1.54) is 51.4 Å². The van der Waals surface area contributed by atoms with Gasteiger partial charge in [-0.3, -0.25) is 0 Å². The Labute approximate surface area is 177 Å². The van der Waals surface area contributed by atoms with Crippen molar-refractivity contribution in [1.82, 2.24) is 10.6 Å². The Morgan fingerprint density at radius 3 is 2.62 bits per heavy atom. The number of hydrogen-bond acceptors (Lipinski definition) is 2. The first-order valence-corrected chi connectivity index (χ1v) is 12.3. The van der Waals surface area contributed by atoms with Gasteiger partial charge in [0.2, 0.25) is 0 Å². The monoisotopic (exact) mass is 402 g/mol. The van der Waals surface area contributed by atoms with Crippen LogP contribution in [0.5, 0.6) is 0 Å². The molecule has 29 heavy (non-hydrogen) atoms. The summed E-state index contributed by atoms with van der Waals surface area (Å²) in [7, 11) is 3.68. The van der Waals surface area contributed by atoms with E-state index >= 15 is 0 Å². The van der Waals surface area contributed by atoms with Crippen LogP contribution in [0.2, 0.25) is 0 Å². The molecule has 0 saturated heterocycles. The van der Waals surface area contributed by atoms with Gasteiger partial charge in [0.15, 0.2) is 0 Å². The van der Waals surface area contributed by atoms with Crippen molar-refractivity contribution < 1.29 is 9.53 Å². The maximum atomic E-state index is 11.7. The number of nitrogens with one attached hydrogen (secondary N) is 2.